The molecule has 2 aromatic carbocycles. The molecule has 0 heterocycles. The summed E-state index contributed by atoms with van der Waals surface area (Å²) >= 11 is 0. The SMILES string of the molecule is CCOC(=O)c1cccc(NC(=O)CCc2ccc(C(C)C)cc2)c1C. The second-order valence-corrected chi connectivity index (χ2v) is 6.64. The molecule has 2 rings (SSSR count). The zero-order chi connectivity index (χ0) is 19.1. The van der Waals surface area contributed by atoms with Crippen molar-refractivity contribution < 1.29 is 14.3 Å². The van der Waals surface area contributed by atoms with Gasteiger partial charge in [0.2, 0.25) is 5.91 Å². The van der Waals surface area contributed by atoms with Gasteiger partial charge in [0, 0.05) is 12.1 Å². The lowest BCUT2D eigenvalue weighted by Crippen LogP contribution is -2.15. The fourth-order valence-corrected chi connectivity index (χ4v) is 2.74. The highest BCUT2D eigenvalue weighted by molar-refractivity contribution is 5.96. The third kappa shape index (κ3) is 5.19. The summed E-state index contributed by atoms with van der Waals surface area (Å²) in [7, 11) is 0. The Hall–Kier alpha value is -2.62. The second kappa shape index (κ2) is 9.18. The van der Waals surface area contributed by atoms with Gasteiger partial charge in [-0.3, -0.25) is 4.79 Å². The van der Waals surface area contributed by atoms with E-state index < -0.39 is 0 Å². The number of carbonyl (C=O) groups excluding carboxylic acids is 2. The fourth-order valence-electron chi connectivity index (χ4n) is 2.74. The molecule has 0 aliphatic carbocycles. The molecule has 0 saturated heterocycles. The number of anilines is 1. The normalized spacial score (nSPS) is 10.7. The molecule has 0 aromatic heterocycles. The molecule has 138 valence electrons. The van der Waals surface area contributed by atoms with Crippen LogP contribution < -0.4 is 5.32 Å². The molecule has 2 aromatic rings. The summed E-state index contributed by atoms with van der Waals surface area (Å²) in [5, 5.41) is 2.90. The highest BCUT2D eigenvalue weighted by Crippen LogP contribution is 2.20. The molecule has 0 bridgehead atoms. The van der Waals surface area contributed by atoms with E-state index in [0.29, 0.717) is 36.6 Å². The van der Waals surface area contributed by atoms with Gasteiger partial charge in [0.1, 0.15) is 0 Å². The average molecular weight is 353 g/mol. The van der Waals surface area contributed by atoms with Crippen LogP contribution in [0.4, 0.5) is 5.69 Å². The third-order valence-electron chi connectivity index (χ3n) is 4.39. The van der Waals surface area contributed by atoms with E-state index in [1.807, 2.05) is 6.92 Å². The summed E-state index contributed by atoms with van der Waals surface area (Å²) in [6.45, 7) is 8.23. The number of amides is 1. The topological polar surface area (TPSA) is 55.4 Å². The predicted octanol–water partition coefficient (Wildman–Crippen LogP) is 4.87. The Labute approximate surface area is 155 Å². The largest absolute Gasteiger partial charge is 0.462 e. The summed E-state index contributed by atoms with van der Waals surface area (Å²) in [4.78, 5) is 24.2. The zero-order valence-corrected chi connectivity index (χ0v) is 16.0. The lowest BCUT2D eigenvalue weighted by atomic mass is 10.0. The number of esters is 1. The summed E-state index contributed by atoms with van der Waals surface area (Å²) in [6.07, 6.45) is 1.07. The fraction of sp³-hybridized carbons (Fsp3) is 0.364. The van der Waals surface area contributed by atoms with E-state index in [9.17, 15) is 9.59 Å². The molecule has 0 aliphatic heterocycles. The van der Waals surface area contributed by atoms with Crippen molar-refractivity contribution in [2.24, 2.45) is 0 Å². The summed E-state index contributed by atoms with van der Waals surface area (Å²) in [5.74, 6) is 0.0652. The number of nitrogens with one attached hydrogen (secondary N) is 1. The van der Waals surface area contributed by atoms with Crippen LogP contribution >= 0.6 is 0 Å². The lowest BCUT2D eigenvalue weighted by molar-refractivity contribution is -0.116. The van der Waals surface area contributed by atoms with Gasteiger partial charge in [-0.2, -0.15) is 0 Å². The standard InChI is InChI=1S/C22H27NO3/c1-5-26-22(25)19-7-6-8-20(16(19)4)23-21(24)14-11-17-9-12-18(13-10-17)15(2)3/h6-10,12-13,15H,5,11,14H2,1-4H3,(H,23,24). The van der Waals surface area contributed by atoms with Crippen LogP contribution in [0.5, 0.6) is 0 Å². The minimum Gasteiger partial charge on any atom is -0.462 e. The van der Waals surface area contributed by atoms with E-state index in [2.05, 4.69) is 43.4 Å². The summed E-state index contributed by atoms with van der Waals surface area (Å²) in [5.41, 5.74) is 4.29. The van der Waals surface area contributed by atoms with Crippen LogP contribution in [0.3, 0.4) is 0 Å². The quantitative estimate of drug-likeness (QED) is 0.723. The molecule has 26 heavy (non-hydrogen) atoms. The van der Waals surface area contributed by atoms with Gasteiger partial charge in [0.05, 0.1) is 12.2 Å². The molecule has 0 fully saturated rings. The van der Waals surface area contributed by atoms with E-state index in [-0.39, 0.29) is 11.9 Å². The van der Waals surface area contributed by atoms with Gasteiger partial charge >= 0.3 is 5.97 Å². The Bertz CT molecular complexity index is 763. The molecule has 0 spiro atoms. The molecule has 4 nitrogen and oxygen atoms in total. The minimum absolute atomic E-state index is 0.0676. The van der Waals surface area contributed by atoms with Crippen molar-refractivity contribution in [3.63, 3.8) is 0 Å². The van der Waals surface area contributed by atoms with E-state index >= 15 is 0 Å². The Morgan fingerprint density at radius 1 is 1.08 bits per heavy atom. The van der Waals surface area contributed by atoms with Crippen LogP contribution in [0.15, 0.2) is 42.5 Å². The number of rotatable bonds is 7. The first-order valence-electron chi connectivity index (χ1n) is 9.07. The van der Waals surface area contributed by atoms with Gasteiger partial charge in [0.15, 0.2) is 0 Å². The van der Waals surface area contributed by atoms with Crippen LogP contribution in [0.2, 0.25) is 0 Å². The smallest absolute Gasteiger partial charge is 0.338 e. The number of benzene rings is 2. The van der Waals surface area contributed by atoms with Crippen molar-refractivity contribution in [3.05, 3.63) is 64.7 Å². The molecular formula is C22H27NO3. The molecule has 0 saturated carbocycles. The van der Waals surface area contributed by atoms with Crippen molar-refractivity contribution in [2.75, 3.05) is 11.9 Å². The zero-order valence-electron chi connectivity index (χ0n) is 16.0. The van der Waals surface area contributed by atoms with Gasteiger partial charge in [-0.05, 0) is 55.0 Å². The van der Waals surface area contributed by atoms with Crippen LogP contribution in [-0.2, 0) is 16.0 Å². The van der Waals surface area contributed by atoms with E-state index in [1.54, 1.807) is 25.1 Å². The van der Waals surface area contributed by atoms with Gasteiger partial charge in [0.25, 0.3) is 0 Å². The van der Waals surface area contributed by atoms with Gasteiger partial charge < -0.3 is 10.1 Å². The first kappa shape index (κ1) is 19.7. The highest BCUT2D eigenvalue weighted by Gasteiger charge is 2.14. The summed E-state index contributed by atoms with van der Waals surface area (Å²) in [6, 6.07) is 13.6. The number of carbonyl (C=O) groups is 2. The molecule has 1 N–H and O–H groups in total. The molecule has 0 unspecified atom stereocenters. The van der Waals surface area contributed by atoms with E-state index in [0.717, 1.165) is 11.1 Å². The summed E-state index contributed by atoms with van der Waals surface area (Å²) < 4.78 is 5.05. The van der Waals surface area contributed by atoms with Crippen molar-refractivity contribution in [2.45, 2.75) is 46.5 Å². The average Bonchev–Trinajstić information content (AvgIpc) is 2.62. The molecule has 0 aliphatic rings. The Kier molecular flexibility index (Phi) is 6.96. The lowest BCUT2D eigenvalue weighted by Gasteiger charge is -2.12. The first-order chi connectivity index (χ1) is 12.4. The van der Waals surface area contributed by atoms with Crippen LogP contribution in [0.1, 0.15) is 60.2 Å². The number of ether oxygens (including phenoxy) is 1. The van der Waals surface area contributed by atoms with E-state index in [4.69, 9.17) is 4.74 Å². The number of hydrogen-bond acceptors (Lipinski definition) is 3. The Balaban J connectivity index is 1.97. The van der Waals surface area contributed by atoms with Crippen LogP contribution in [0, 0.1) is 6.92 Å². The first-order valence-corrected chi connectivity index (χ1v) is 9.07. The monoisotopic (exact) mass is 353 g/mol. The Morgan fingerprint density at radius 3 is 2.38 bits per heavy atom. The molecule has 1 amide bonds. The highest BCUT2D eigenvalue weighted by atomic mass is 16.5. The van der Waals surface area contributed by atoms with Crippen LogP contribution in [0.25, 0.3) is 0 Å². The predicted molar refractivity (Wildman–Crippen MR) is 105 cm³/mol. The van der Waals surface area contributed by atoms with Crippen molar-refractivity contribution in [1.82, 2.24) is 0 Å². The molecule has 0 atom stereocenters. The van der Waals surface area contributed by atoms with Crippen LogP contribution in [-0.4, -0.2) is 18.5 Å². The maximum atomic E-state index is 12.3. The van der Waals surface area contributed by atoms with Gasteiger partial charge in [-0.25, -0.2) is 4.79 Å². The Morgan fingerprint density at radius 2 is 1.77 bits per heavy atom. The maximum Gasteiger partial charge on any atom is 0.338 e. The van der Waals surface area contributed by atoms with E-state index in [1.165, 1.54) is 5.56 Å². The third-order valence-corrected chi connectivity index (χ3v) is 4.39. The molecule has 0 radical (unpaired) electrons. The minimum atomic E-state index is -0.369. The second-order valence-electron chi connectivity index (χ2n) is 6.64. The van der Waals surface area contributed by atoms with Crippen molar-refractivity contribution in [1.29, 1.82) is 0 Å². The van der Waals surface area contributed by atoms with Gasteiger partial charge in [-0.1, -0.05) is 44.2 Å². The molecular weight excluding hydrogens is 326 g/mol. The van der Waals surface area contributed by atoms with Crippen molar-refractivity contribution in [3.8, 4) is 0 Å². The molecule has 4 heteroatoms. The maximum absolute atomic E-state index is 12.3. The van der Waals surface area contributed by atoms with Crippen molar-refractivity contribution >= 4 is 17.6 Å². The van der Waals surface area contributed by atoms with Gasteiger partial charge in [-0.15, -0.1) is 0 Å². The number of aryl methyl sites for hydroxylation is 1. The number of hydrogen-bond donors (Lipinski definition) is 1.